The molecule has 0 bridgehead atoms. The summed E-state index contributed by atoms with van der Waals surface area (Å²) in [5, 5.41) is 0.464. The van der Waals surface area contributed by atoms with E-state index in [1.807, 2.05) is 0 Å². The average Bonchev–Trinajstić information content (AvgIpc) is 2.40. The normalized spacial score (nSPS) is 10.8. The van der Waals surface area contributed by atoms with Crippen LogP contribution in [0.5, 0.6) is 0 Å². The maximum absolute atomic E-state index is 13.1. The third kappa shape index (κ3) is 2.10. The van der Waals surface area contributed by atoms with Crippen molar-refractivity contribution in [1.82, 2.24) is 9.97 Å². The van der Waals surface area contributed by atoms with Gasteiger partial charge in [-0.2, -0.15) is 0 Å². The van der Waals surface area contributed by atoms with Crippen LogP contribution in [0.25, 0.3) is 22.3 Å². The van der Waals surface area contributed by atoms with E-state index in [-0.39, 0.29) is 11.6 Å². The number of rotatable bonds is 1. The number of nitrogens with two attached hydrogens (primary N) is 1. The first-order valence-electron chi connectivity index (χ1n) is 5.62. The summed E-state index contributed by atoms with van der Waals surface area (Å²) < 4.78 is 26.0. The molecular weight excluding hydrogens is 248 g/mol. The SMILES string of the molecule is Nc1nc(-c2ccc(F)cc2)nc2ccc(F)cc12. The van der Waals surface area contributed by atoms with Crippen molar-refractivity contribution in [2.45, 2.75) is 0 Å². The van der Waals surface area contributed by atoms with Gasteiger partial charge in [0.1, 0.15) is 17.5 Å². The van der Waals surface area contributed by atoms with Gasteiger partial charge in [-0.1, -0.05) is 0 Å². The Morgan fingerprint density at radius 2 is 1.53 bits per heavy atom. The summed E-state index contributed by atoms with van der Waals surface area (Å²) in [7, 11) is 0. The monoisotopic (exact) mass is 257 g/mol. The van der Waals surface area contributed by atoms with Crippen LogP contribution in [0.3, 0.4) is 0 Å². The Bertz CT molecular complexity index is 754. The number of hydrogen-bond acceptors (Lipinski definition) is 3. The quantitative estimate of drug-likeness (QED) is 0.728. The van der Waals surface area contributed by atoms with E-state index >= 15 is 0 Å². The number of nitrogens with zero attached hydrogens (tertiary/aromatic N) is 2. The van der Waals surface area contributed by atoms with Crippen LogP contribution in [0.4, 0.5) is 14.6 Å². The topological polar surface area (TPSA) is 51.8 Å². The molecule has 0 spiro atoms. The number of halogens is 2. The van der Waals surface area contributed by atoms with Gasteiger partial charge >= 0.3 is 0 Å². The molecule has 0 atom stereocenters. The highest BCUT2D eigenvalue weighted by molar-refractivity contribution is 5.89. The van der Waals surface area contributed by atoms with Crippen LogP contribution in [-0.4, -0.2) is 9.97 Å². The molecule has 0 aliphatic carbocycles. The highest BCUT2D eigenvalue weighted by atomic mass is 19.1. The first kappa shape index (κ1) is 11.5. The highest BCUT2D eigenvalue weighted by Crippen LogP contribution is 2.23. The lowest BCUT2D eigenvalue weighted by molar-refractivity contribution is 0.628. The Labute approximate surface area is 107 Å². The molecule has 0 saturated heterocycles. The molecule has 0 aliphatic rings. The molecule has 3 aromatic rings. The van der Waals surface area contributed by atoms with Gasteiger partial charge in [0.15, 0.2) is 5.82 Å². The van der Waals surface area contributed by atoms with E-state index in [1.165, 1.54) is 30.3 Å². The standard InChI is InChI=1S/C14H9F2N3/c15-9-3-1-8(2-4-9)14-18-12-6-5-10(16)7-11(12)13(17)19-14/h1-7H,(H2,17,18,19). The summed E-state index contributed by atoms with van der Waals surface area (Å²) in [6.45, 7) is 0. The molecule has 0 amide bonds. The minimum Gasteiger partial charge on any atom is -0.383 e. The van der Waals surface area contributed by atoms with E-state index in [9.17, 15) is 8.78 Å². The Hall–Kier alpha value is -2.56. The van der Waals surface area contributed by atoms with Crippen molar-refractivity contribution in [3.05, 3.63) is 54.1 Å². The second-order valence-electron chi connectivity index (χ2n) is 4.10. The maximum Gasteiger partial charge on any atom is 0.162 e. The van der Waals surface area contributed by atoms with E-state index in [2.05, 4.69) is 9.97 Å². The zero-order chi connectivity index (χ0) is 13.4. The summed E-state index contributed by atoms with van der Waals surface area (Å²) in [4.78, 5) is 8.42. The third-order valence-electron chi connectivity index (χ3n) is 2.79. The zero-order valence-corrected chi connectivity index (χ0v) is 9.77. The van der Waals surface area contributed by atoms with Crippen LogP contribution in [0.2, 0.25) is 0 Å². The number of benzene rings is 2. The number of fused-ring (bicyclic) bond motifs is 1. The van der Waals surface area contributed by atoms with Crippen LogP contribution in [-0.2, 0) is 0 Å². The van der Waals surface area contributed by atoms with Crippen LogP contribution in [0.15, 0.2) is 42.5 Å². The largest absolute Gasteiger partial charge is 0.383 e. The fraction of sp³-hybridized carbons (Fsp3) is 0. The van der Waals surface area contributed by atoms with Gasteiger partial charge in [0.05, 0.1) is 5.52 Å². The molecule has 0 aliphatic heterocycles. The first-order chi connectivity index (χ1) is 9.13. The fourth-order valence-corrected chi connectivity index (χ4v) is 1.85. The van der Waals surface area contributed by atoms with Crippen molar-refractivity contribution >= 4 is 16.7 Å². The molecule has 2 aromatic carbocycles. The van der Waals surface area contributed by atoms with Crippen molar-refractivity contribution in [2.24, 2.45) is 0 Å². The lowest BCUT2D eigenvalue weighted by Crippen LogP contribution is -1.98. The molecule has 0 unspecified atom stereocenters. The van der Waals surface area contributed by atoms with Crippen molar-refractivity contribution in [2.75, 3.05) is 5.73 Å². The zero-order valence-electron chi connectivity index (χ0n) is 9.77. The van der Waals surface area contributed by atoms with E-state index in [0.29, 0.717) is 22.3 Å². The third-order valence-corrected chi connectivity index (χ3v) is 2.79. The van der Waals surface area contributed by atoms with Crippen molar-refractivity contribution in [1.29, 1.82) is 0 Å². The number of anilines is 1. The summed E-state index contributed by atoms with van der Waals surface area (Å²) in [6, 6.07) is 9.92. The van der Waals surface area contributed by atoms with Crippen molar-refractivity contribution in [3.8, 4) is 11.4 Å². The lowest BCUT2D eigenvalue weighted by Gasteiger charge is -2.05. The summed E-state index contributed by atoms with van der Waals surface area (Å²) >= 11 is 0. The molecule has 3 nitrogen and oxygen atoms in total. The smallest absolute Gasteiger partial charge is 0.162 e. The molecule has 19 heavy (non-hydrogen) atoms. The fourth-order valence-electron chi connectivity index (χ4n) is 1.85. The minimum atomic E-state index is -0.391. The average molecular weight is 257 g/mol. The van der Waals surface area contributed by atoms with Crippen LogP contribution >= 0.6 is 0 Å². The van der Waals surface area contributed by atoms with Gasteiger partial charge in [-0.15, -0.1) is 0 Å². The summed E-state index contributed by atoms with van der Waals surface area (Å²) in [5.41, 5.74) is 7.00. The van der Waals surface area contributed by atoms with Gasteiger partial charge < -0.3 is 5.73 Å². The molecule has 0 fully saturated rings. The molecule has 2 N–H and O–H groups in total. The Morgan fingerprint density at radius 1 is 0.842 bits per heavy atom. The van der Waals surface area contributed by atoms with E-state index in [0.717, 1.165) is 0 Å². The molecular formula is C14H9F2N3. The van der Waals surface area contributed by atoms with Gasteiger partial charge in [-0.05, 0) is 42.5 Å². The number of nitrogen functional groups attached to an aromatic ring is 1. The second-order valence-corrected chi connectivity index (χ2v) is 4.10. The van der Waals surface area contributed by atoms with Crippen LogP contribution in [0, 0.1) is 11.6 Å². The molecule has 3 rings (SSSR count). The Morgan fingerprint density at radius 3 is 2.26 bits per heavy atom. The first-order valence-corrected chi connectivity index (χ1v) is 5.62. The van der Waals surface area contributed by atoms with Crippen LogP contribution in [0.1, 0.15) is 0 Å². The summed E-state index contributed by atoms with van der Waals surface area (Å²) in [6.07, 6.45) is 0. The molecule has 0 saturated carbocycles. The van der Waals surface area contributed by atoms with E-state index in [1.54, 1.807) is 12.1 Å². The maximum atomic E-state index is 13.1. The molecule has 5 heteroatoms. The lowest BCUT2D eigenvalue weighted by atomic mass is 10.2. The predicted molar refractivity (Wildman–Crippen MR) is 69.3 cm³/mol. The second kappa shape index (κ2) is 4.28. The van der Waals surface area contributed by atoms with E-state index in [4.69, 9.17) is 5.73 Å². The van der Waals surface area contributed by atoms with Crippen molar-refractivity contribution < 1.29 is 8.78 Å². The Kier molecular flexibility index (Phi) is 2.59. The minimum absolute atomic E-state index is 0.198. The van der Waals surface area contributed by atoms with Gasteiger partial charge in [0.25, 0.3) is 0 Å². The molecule has 1 heterocycles. The van der Waals surface area contributed by atoms with Gasteiger partial charge in [0.2, 0.25) is 0 Å². The highest BCUT2D eigenvalue weighted by Gasteiger charge is 2.08. The van der Waals surface area contributed by atoms with Crippen molar-refractivity contribution in [3.63, 3.8) is 0 Å². The van der Waals surface area contributed by atoms with Gasteiger partial charge in [-0.3, -0.25) is 0 Å². The van der Waals surface area contributed by atoms with Gasteiger partial charge in [-0.25, -0.2) is 18.7 Å². The number of hydrogen-bond donors (Lipinski definition) is 1. The van der Waals surface area contributed by atoms with Crippen LogP contribution < -0.4 is 5.73 Å². The Balaban J connectivity index is 2.20. The van der Waals surface area contributed by atoms with E-state index < -0.39 is 5.82 Å². The molecule has 94 valence electrons. The summed E-state index contributed by atoms with van der Waals surface area (Å²) in [5.74, 6) is -0.141. The number of aromatic nitrogens is 2. The molecule has 0 radical (unpaired) electrons. The molecule has 1 aromatic heterocycles. The van der Waals surface area contributed by atoms with Gasteiger partial charge in [0, 0.05) is 10.9 Å². The predicted octanol–water partition coefficient (Wildman–Crippen LogP) is 3.16.